The van der Waals surface area contributed by atoms with E-state index in [2.05, 4.69) is 56.5 Å². The molecule has 29 heavy (non-hydrogen) atoms. The van der Waals surface area contributed by atoms with Crippen LogP contribution in [0.3, 0.4) is 0 Å². The Bertz CT molecular complexity index is 827. The number of amides is 1. The summed E-state index contributed by atoms with van der Waals surface area (Å²) in [7, 11) is 1.77. The van der Waals surface area contributed by atoms with Gasteiger partial charge in [-0.15, -0.1) is 24.0 Å². The first kappa shape index (κ1) is 23.0. The minimum absolute atomic E-state index is 0. The Balaban J connectivity index is 0.00000300. The molecule has 0 spiro atoms. The Morgan fingerprint density at radius 1 is 1.17 bits per heavy atom. The minimum Gasteiger partial charge on any atom is -0.454 e. The molecule has 0 aliphatic carbocycles. The zero-order chi connectivity index (χ0) is 19.8. The predicted molar refractivity (Wildman–Crippen MR) is 126 cm³/mol. The number of hydrogen-bond acceptors (Lipinski definition) is 4. The third-order valence-corrected chi connectivity index (χ3v) is 4.68. The van der Waals surface area contributed by atoms with Crippen molar-refractivity contribution < 1.29 is 9.21 Å². The van der Waals surface area contributed by atoms with Crippen molar-refractivity contribution in [3.63, 3.8) is 0 Å². The summed E-state index contributed by atoms with van der Waals surface area (Å²) in [6, 6.07) is 13.7. The second kappa shape index (κ2) is 11.6. The molecule has 8 heteroatoms. The molecule has 3 N–H and O–H groups in total. The van der Waals surface area contributed by atoms with Gasteiger partial charge in [-0.3, -0.25) is 14.7 Å². The molecular weight excluding hydrogens is 481 g/mol. The van der Waals surface area contributed by atoms with Crippen LogP contribution in [0.25, 0.3) is 6.08 Å². The number of nitrogens with zero attached hydrogens (tertiary/aromatic N) is 3. The second-order valence-electron chi connectivity index (χ2n) is 6.63. The molecule has 0 bridgehead atoms. The Labute approximate surface area is 188 Å². The molecule has 1 aromatic carbocycles. The summed E-state index contributed by atoms with van der Waals surface area (Å²) in [4.78, 5) is 20.1. The summed E-state index contributed by atoms with van der Waals surface area (Å²) < 4.78 is 5.40. The van der Waals surface area contributed by atoms with E-state index < -0.39 is 5.91 Å². The van der Waals surface area contributed by atoms with Gasteiger partial charge in [-0.25, -0.2) is 0 Å². The molecule has 1 aliphatic heterocycles. The number of aliphatic imine (C=N–C) groups is 1. The number of guanidine groups is 1. The maximum atomic E-state index is 11.1. The number of rotatable bonds is 6. The van der Waals surface area contributed by atoms with E-state index in [1.165, 1.54) is 5.56 Å². The molecule has 2 heterocycles. The van der Waals surface area contributed by atoms with Crippen LogP contribution in [0.5, 0.6) is 0 Å². The quantitative estimate of drug-likeness (QED) is 0.355. The lowest BCUT2D eigenvalue weighted by molar-refractivity contribution is 0.0972. The smallest absolute Gasteiger partial charge is 0.284 e. The van der Waals surface area contributed by atoms with E-state index in [-0.39, 0.29) is 29.7 Å². The molecule has 0 radical (unpaired) electrons. The van der Waals surface area contributed by atoms with E-state index in [0.717, 1.165) is 38.7 Å². The van der Waals surface area contributed by atoms with Crippen molar-refractivity contribution in [2.45, 2.75) is 6.54 Å². The van der Waals surface area contributed by atoms with Crippen molar-refractivity contribution in [2.75, 3.05) is 39.8 Å². The molecule has 1 amide bonds. The lowest BCUT2D eigenvalue weighted by atomic mass is 10.2. The highest BCUT2D eigenvalue weighted by atomic mass is 127. The standard InChI is InChI=1S/C21H27N5O2.HI/c1-23-21(24-16-18-9-10-19(28-18)20(22)27)26-14-12-25(13-15-26)11-5-8-17-6-3-2-4-7-17;/h2-10H,11-16H2,1H3,(H2,22,27)(H,23,24);1H/b8-5+;. The van der Waals surface area contributed by atoms with Crippen LogP contribution in [-0.4, -0.2) is 61.4 Å². The highest BCUT2D eigenvalue weighted by molar-refractivity contribution is 14.0. The zero-order valence-corrected chi connectivity index (χ0v) is 18.9. The van der Waals surface area contributed by atoms with Crippen molar-refractivity contribution in [3.8, 4) is 0 Å². The van der Waals surface area contributed by atoms with Gasteiger partial charge in [0.15, 0.2) is 11.7 Å². The number of carbonyl (C=O) groups excluding carboxylic acids is 1. The van der Waals surface area contributed by atoms with Crippen LogP contribution in [0.15, 0.2) is 58.0 Å². The van der Waals surface area contributed by atoms with Gasteiger partial charge < -0.3 is 20.4 Å². The highest BCUT2D eigenvalue weighted by Gasteiger charge is 2.19. The molecule has 1 fully saturated rings. The monoisotopic (exact) mass is 509 g/mol. The van der Waals surface area contributed by atoms with Crippen LogP contribution in [0, 0.1) is 0 Å². The van der Waals surface area contributed by atoms with Gasteiger partial charge in [0.05, 0.1) is 6.54 Å². The number of nitrogens with two attached hydrogens (primary N) is 1. The average Bonchev–Trinajstić information content (AvgIpc) is 3.20. The van der Waals surface area contributed by atoms with Crippen molar-refractivity contribution in [1.29, 1.82) is 0 Å². The molecule has 7 nitrogen and oxygen atoms in total. The van der Waals surface area contributed by atoms with Crippen LogP contribution in [0.2, 0.25) is 0 Å². The predicted octanol–water partition coefficient (Wildman–Crippen LogP) is 2.40. The van der Waals surface area contributed by atoms with Crippen LogP contribution in [-0.2, 0) is 6.54 Å². The molecule has 156 valence electrons. The molecule has 1 aromatic heterocycles. The van der Waals surface area contributed by atoms with Gasteiger partial charge >= 0.3 is 0 Å². The van der Waals surface area contributed by atoms with E-state index in [4.69, 9.17) is 10.2 Å². The molecule has 3 rings (SSSR count). The summed E-state index contributed by atoms with van der Waals surface area (Å²) in [5.74, 6) is 1.09. The van der Waals surface area contributed by atoms with E-state index in [1.807, 2.05) is 6.07 Å². The van der Waals surface area contributed by atoms with Gasteiger partial charge in [0.1, 0.15) is 5.76 Å². The van der Waals surface area contributed by atoms with Gasteiger partial charge in [-0.05, 0) is 17.7 Å². The van der Waals surface area contributed by atoms with Crippen LogP contribution in [0.1, 0.15) is 21.9 Å². The summed E-state index contributed by atoms with van der Waals surface area (Å²) in [6.07, 6.45) is 4.38. The fourth-order valence-corrected chi connectivity index (χ4v) is 3.15. The van der Waals surface area contributed by atoms with Gasteiger partial charge in [-0.1, -0.05) is 42.5 Å². The number of hydrogen-bond donors (Lipinski definition) is 2. The second-order valence-corrected chi connectivity index (χ2v) is 6.63. The van der Waals surface area contributed by atoms with E-state index in [9.17, 15) is 4.79 Å². The summed E-state index contributed by atoms with van der Waals surface area (Å²) in [5, 5.41) is 3.28. The Morgan fingerprint density at radius 3 is 2.52 bits per heavy atom. The molecule has 0 atom stereocenters. The topological polar surface area (TPSA) is 87.1 Å². The Kier molecular flexibility index (Phi) is 9.20. The third kappa shape index (κ3) is 6.90. The number of furan rings is 1. The van der Waals surface area contributed by atoms with Crippen molar-refractivity contribution in [1.82, 2.24) is 15.1 Å². The van der Waals surface area contributed by atoms with Crippen LogP contribution < -0.4 is 11.1 Å². The lowest BCUT2D eigenvalue weighted by Crippen LogP contribution is -2.52. The molecular formula is C21H28IN5O2. The number of piperazine rings is 1. The summed E-state index contributed by atoms with van der Waals surface area (Å²) in [6.45, 7) is 5.17. The zero-order valence-electron chi connectivity index (χ0n) is 16.6. The van der Waals surface area contributed by atoms with Crippen LogP contribution in [0.4, 0.5) is 0 Å². The van der Waals surface area contributed by atoms with Crippen molar-refractivity contribution in [3.05, 3.63) is 65.6 Å². The lowest BCUT2D eigenvalue weighted by Gasteiger charge is -2.36. The largest absolute Gasteiger partial charge is 0.454 e. The van der Waals surface area contributed by atoms with Crippen molar-refractivity contribution in [2.24, 2.45) is 10.7 Å². The molecule has 1 saturated heterocycles. The minimum atomic E-state index is -0.562. The summed E-state index contributed by atoms with van der Waals surface area (Å²) >= 11 is 0. The maximum absolute atomic E-state index is 11.1. The van der Waals surface area contributed by atoms with Crippen molar-refractivity contribution >= 4 is 41.9 Å². The first-order chi connectivity index (χ1) is 13.7. The Morgan fingerprint density at radius 2 is 1.90 bits per heavy atom. The van der Waals surface area contributed by atoms with E-state index in [1.54, 1.807) is 19.2 Å². The molecule has 2 aromatic rings. The number of primary amides is 1. The van der Waals surface area contributed by atoms with E-state index >= 15 is 0 Å². The molecule has 0 unspecified atom stereocenters. The summed E-state index contributed by atoms with van der Waals surface area (Å²) in [5.41, 5.74) is 6.44. The number of nitrogens with one attached hydrogen (secondary N) is 1. The number of benzene rings is 1. The van der Waals surface area contributed by atoms with Gasteiger partial charge in [0.2, 0.25) is 0 Å². The first-order valence-electron chi connectivity index (χ1n) is 9.44. The first-order valence-corrected chi connectivity index (χ1v) is 9.44. The Hall–Kier alpha value is -2.33. The van der Waals surface area contributed by atoms with E-state index in [0.29, 0.717) is 12.3 Å². The number of carbonyl (C=O) groups is 1. The maximum Gasteiger partial charge on any atom is 0.284 e. The normalized spacial score (nSPS) is 15.3. The number of halogens is 1. The molecule has 1 aliphatic rings. The fraction of sp³-hybridized carbons (Fsp3) is 0.333. The fourth-order valence-electron chi connectivity index (χ4n) is 3.15. The van der Waals surface area contributed by atoms with Crippen LogP contribution >= 0.6 is 24.0 Å². The average molecular weight is 509 g/mol. The SMILES string of the molecule is CN=C(NCc1ccc(C(N)=O)o1)N1CCN(C/C=C/c2ccccc2)CC1.I. The highest BCUT2D eigenvalue weighted by Crippen LogP contribution is 2.08. The van der Waals surface area contributed by atoms with Gasteiger partial charge in [-0.2, -0.15) is 0 Å². The third-order valence-electron chi connectivity index (χ3n) is 4.68. The van der Waals surface area contributed by atoms with Gasteiger partial charge in [0.25, 0.3) is 5.91 Å². The van der Waals surface area contributed by atoms with Gasteiger partial charge in [0, 0.05) is 39.8 Å². The molecule has 0 saturated carbocycles.